The molecule has 95 heavy (non-hydrogen) atoms. The number of hydrogen-bond acceptors (Lipinski definition) is 21. The first-order valence-corrected chi connectivity index (χ1v) is 33.7. The molecule has 0 saturated carbocycles. The van der Waals surface area contributed by atoms with Crippen LogP contribution in [0.15, 0.2) is 205 Å². The Morgan fingerprint density at radius 1 is 0.526 bits per heavy atom. The van der Waals surface area contributed by atoms with Crippen LogP contribution in [0.1, 0.15) is 73.5 Å². The number of ether oxygens (including phenoxy) is 8. The summed E-state index contributed by atoms with van der Waals surface area (Å²) in [6, 6.07) is 58.2. The monoisotopic (exact) mass is 1370 g/mol. The molecule has 6 heterocycles. The highest BCUT2D eigenvalue weighted by Gasteiger charge is 2.68. The number of nitrogens with zero attached hydrogens (tertiary/aromatic N) is 8. The van der Waals surface area contributed by atoms with Crippen molar-refractivity contribution in [1.82, 2.24) is 39.2 Å². The number of fused-ring (bicyclic) bond motifs is 2. The lowest BCUT2D eigenvalue weighted by Crippen LogP contribution is -2.55. The molecule has 12 rings (SSSR count). The zero-order valence-electron chi connectivity index (χ0n) is 51.4. The predicted molar refractivity (Wildman–Crippen MR) is 364 cm³/mol. The van der Waals surface area contributed by atoms with E-state index in [0.29, 0.717) is 24.0 Å². The van der Waals surface area contributed by atoms with Crippen LogP contribution >= 0.6 is 35.0 Å². The largest absolute Gasteiger partial charge is 0.380 e. The smallest absolute Gasteiger partial charge is 0.267 e. The van der Waals surface area contributed by atoms with E-state index in [2.05, 4.69) is 30.1 Å². The summed E-state index contributed by atoms with van der Waals surface area (Å²) in [5.41, 5.74) is 15.5. The fourth-order valence-corrected chi connectivity index (χ4v) is 11.8. The molecule has 6 aromatic carbocycles. The average molecular weight is 1380 g/mol. The standard InChI is InChI=1S/C33H35N5O7S.C33H35N5O5S.CH2Cl2.2CH4/c1-32(44-21-25-16-10-5-11-17-25)28(43-20-24-14-8-4-9-15-24)26(22-42-19-23-12-6-3-7-13-23)45-33(32,39)27-18-35-30-29(34)36-31(37-38(27)30)46(2,40)41;1-32(42-21-25-16-10-5-11-17-25)28(41-20-24-14-8-4-9-15-24)26(22-40-19-23-12-6-3-7-13-23)43-33(32,39)27-18-35-30-29(34)36-31(44-2)37-38(27)30;2-1-3;;/h3-18,26,28,39H,19-22H2,1-2H3,(H2,34,36,37);3-18,26,28,39H,19-22H2,1-2H3,(H2,34,36,37);1H2;2*1H4/t2*26-,28-,32-,33?;;;/m11.../s1. The van der Waals surface area contributed by atoms with E-state index in [1.54, 1.807) is 13.8 Å². The highest BCUT2D eigenvalue weighted by atomic mass is 35.5. The molecular formula is C69H80Cl2N10O12S2. The Kier molecular flexibility index (Phi) is 25.4. The van der Waals surface area contributed by atoms with E-state index in [9.17, 15) is 18.6 Å². The SMILES string of the molecule is C.C.CSc1nc(N)c2ncc(C3(O)O[C@H](COCc4ccccc4)[C@@H](OCc4ccccc4)[C@@]3(C)OCc3ccccc3)n2n1.C[C@@]1(OCc2ccccc2)[C@H](OCc2ccccc2)[C@@H](COCc2ccccc2)OC1(O)c1cnc2c(N)nc(S(C)(=O)=O)nn12.ClCCl. The molecule has 22 nitrogen and oxygen atoms in total. The molecule has 4 aromatic heterocycles. The second-order valence-electron chi connectivity index (χ2n) is 22.2. The highest BCUT2D eigenvalue weighted by molar-refractivity contribution is 7.98. The average Bonchev–Trinajstić information content (AvgIpc) is 1.57. The van der Waals surface area contributed by atoms with Gasteiger partial charge in [0, 0.05) is 6.26 Å². The molecule has 10 aromatic rings. The number of nitrogen functional groups attached to an aromatic ring is 2. The Balaban J connectivity index is 0.000000229. The molecule has 2 aliphatic rings. The van der Waals surface area contributed by atoms with Crippen molar-refractivity contribution in [2.45, 2.75) is 126 Å². The fraction of sp³-hybridized carbons (Fsp3) is 0.333. The van der Waals surface area contributed by atoms with Crippen LogP contribution < -0.4 is 11.5 Å². The maximum atomic E-state index is 12.7. The zero-order chi connectivity index (χ0) is 65.6. The van der Waals surface area contributed by atoms with Crippen LogP contribution in [-0.2, 0) is 98.9 Å². The molecule has 0 spiro atoms. The predicted octanol–water partition coefficient (Wildman–Crippen LogP) is 10.9. The van der Waals surface area contributed by atoms with Gasteiger partial charge >= 0.3 is 0 Å². The summed E-state index contributed by atoms with van der Waals surface area (Å²) >= 11 is 10.9. The Labute approximate surface area is 567 Å². The normalized spacial score (nSPS) is 22.2. The number of halogens is 2. The van der Waals surface area contributed by atoms with Crippen molar-refractivity contribution in [3.8, 4) is 0 Å². The van der Waals surface area contributed by atoms with Gasteiger partial charge in [-0.25, -0.2) is 32.4 Å². The van der Waals surface area contributed by atoms with Gasteiger partial charge in [-0.05, 0) is 53.5 Å². The van der Waals surface area contributed by atoms with E-state index in [4.69, 9.17) is 72.6 Å². The maximum absolute atomic E-state index is 12.7. The molecule has 0 aliphatic carbocycles. The maximum Gasteiger partial charge on any atom is 0.267 e. The molecule has 6 N–H and O–H groups in total. The Morgan fingerprint density at radius 3 is 1.18 bits per heavy atom. The topological polar surface area (TPSA) is 287 Å². The minimum Gasteiger partial charge on any atom is -0.380 e. The second kappa shape index (κ2) is 33.0. The number of aromatic nitrogens is 8. The van der Waals surface area contributed by atoms with Crippen LogP contribution in [0.4, 0.5) is 11.6 Å². The van der Waals surface area contributed by atoms with Gasteiger partial charge in [-0.1, -0.05) is 209 Å². The fourth-order valence-electron chi connectivity index (χ4n) is 11.0. The summed E-state index contributed by atoms with van der Waals surface area (Å²) in [4.78, 5) is 17.0. The molecular weight excluding hydrogens is 1300 g/mol. The summed E-state index contributed by atoms with van der Waals surface area (Å²) in [6.45, 7) is 5.03. The summed E-state index contributed by atoms with van der Waals surface area (Å²) < 4.78 is 79.2. The second-order valence-corrected chi connectivity index (χ2v) is 25.7. The molecule has 2 aliphatic heterocycles. The van der Waals surface area contributed by atoms with Crippen molar-refractivity contribution in [1.29, 1.82) is 0 Å². The van der Waals surface area contributed by atoms with Crippen molar-refractivity contribution in [2.75, 3.05) is 42.5 Å². The number of thioether (sulfide) groups is 1. The first kappa shape index (κ1) is 73.3. The van der Waals surface area contributed by atoms with E-state index in [-0.39, 0.29) is 88.5 Å². The van der Waals surface area contributed by atoms with Crippen LogP contribution in [0.25, 0.3) is 11.3 Å². The summed E-state index contributed by atoms with van der Waals surface area (Å²) in [7, 11) is -3.88. The number of alkyl halides is 2. The number of imidazole rings is 2. The van der Waals surface area contributed by atoms with Crippen molar-refractivity contribution < 1.29 is 56.5 Å². The first-order chi connectivity index (χ1) is 44.9. The van der Waals surface area contributed by atoms with Crippen LogP contribution in [-0.4, -0.2) is 124 Å². The first-order valence-electron chi connectivity index (χ1n) is 29.5. The zero-order valence-corrected chi connectivity index (χ0v) is 54.6. The van der Waals surface area contributed by atoms with Crippen molar-refractivity contribution >= 4 is 67.7 Å². The van der Waals surface area contributed by atoms with Gasteiger partial charge in [0.05, 0.1) is 70.6 Å². The number of anilines is 2. The number of nitrogens with two attached hydrogens (primary N) is 2. The van der Waals surface area contributed by atoms with Gasteiger partial charge in [0.15, 0.2) is 34.1 Å². The lowest BCUT2D eigenvalue weighted by molar-refractivity contribution is -0.294. The quantitative estimate of drug-likeness (QED) is 0.0323. The molecule has 26 heteroatoms. The molecule has 2 unspecified atom stereocenters. The van der Waals surface area contributed by atoms with Gasteiger partial charge in [0.1, 0.15) is 35.8 Å². The van der Waals surface area contributed by atoms with Gasteiger partial charge in [0.2, 0.25) is 26.6 Å². The number of sulfone groups is 1. The molecule has 0 bridgehead atoms. The molecule has 8 atom stereocenters. The van der Waals surface area contributed by atoms with Gasteiger partial charge in [-0.2, -0.15) is 4.98 Å². The number of hydrogen-bond donors (Lipinski definition) is 4. The van der Waals surface area contributed by atoms with Crippen LogP contribution in [0, 0.1) is 0 Å². The van der Waals surface area contributed by atoms with E-state index in [1.165, 1.54) is 28.7 Å². The minimum atomic E-state index is -3.88. The summed E-state index contributed by atoms with van der Waals surface area (Å²) in [5, 5.41) is 34.3. The van der Waals surface area contributed by atoms with Gasteiger partial charge in [0.25, 0.3) is 5.16 Å². The van der Waals surface area contributed by atoms with Gasteiger partial charge in [-0.15, -0.1) is 33.4 Å². The van der Waals surface area contributed by atoms with Crippen LogP contribution in [0.3, 0.4) is 0 Å². The number of rotatable bonds is 24. The third-order valence-electron chi connectivity index (χ3n) is 15.8. The van der Waals surface area contributed by atoms with E-state index < -0.39 is 62.2 Å². The van der Waals surface area contributed by atoms with Crippen molar-refractivity contribution in [3.05, 3.63) is 239 Å². The molecule has 504 valence electrons. The third kappa shape index (κ3) is 16.7. The third-order valence-corrected chi connectivity index (χ3v) is 17.2. The Bertz CT molecular complexity index is 4130. The van der Waals surface area contributed by atoms with Crippen molar-refractivity contribution in [2.24, 2.45) is 0 Å². The van der Waals surface area contributed by atoms with Gasteiger partial charge < -0.3 is 59.6 Å². The molecule has 2 fully saturated rings. The van der Waals surface area contributed by atoms with E-state index in [0.717, 1.165) is 44.2 Å². The van der Waals surface area contributed by atoms with E-state index in [1.807, 2.05) is 188 Å². The molecule has 0 radical (unpaired) electrons. The highest BCUT2D eigenvalue weighted by Crippen LogP contribution is 2.51. The number of aliphatic hydroxyl groups is 2. The van der Waals surface area contributed by atoms with Crippen LogP contribution in [0.2, 0.25) is 0 Å². The Morgan fingerprint density at radius 2 is 0.842 bits per heavy atom. The molecule has 0 amide bonds. The number of benzene rings is 6. The van der Waals surface area contributed by atoms with Crippen LogP contribution in [0.5, 0.6) is 0 Å². The summed E-state index contributed by atoms with van der Waals surface area (Å²) in [6.07, 6.45) is 2.39. The van der Waals surface area contributed by atoms with Crippen molar-refractivity contribution in [3.63, 3.8) is 0 Å². The Hall–Kier alpha value is -7.50. The lowest BCUT2D eigenvalue weighted by Gasteiger charge is -2.39. The van der Waals surface area contributed by atoms with E-state index >= 15 is 0 Å². The summed E-state index contributed by atoms with van der Waals surface area (Å²) in [5.74, 6) is -4.35. The molecule has 2 saturated heterocycles. The lowest BCUT2D eigenvalue weighted by atomic mass is 9.87. The van der Waals surface area contributed by atoms with Gasteiger partial charge in [-0.3, -0.25) is 0 Å². The minimum absolute atomic E-state index is 0.